The van der Waals surface area contributed by atoms with Crippen LogP contribution in [0.5, 0.6) is 0 Å². The van der Waals surface area contributed by atoms with Gasteiger partial charge in [0.1, 0.15) is 19.9 Å². The third-order valence-electron chi connectivity index (χ3n) is 4.38. The predicted molar refractivity (Wildman–Crippen MR) is 110 cm³/mol. The van der Waals surface area contributed by atoms with Crippen LogP contribution in [0.15, 0.2) is 40.1 Å². The molecule has 1 N–H and O–H groups in total. The molecule has 7 nitrogen and oxygen atoms in total. The van der Waals surface area contributed by atoms with E-state index in [1.807, 2.05) is 11.8 Å². The summed E-state index contributed by atoms with van der Waals surface area (Å²) in [6, 6.07) is 6.60. The van der Waals surface area contributed by atoms with E-state index in [2.05, 4.69) is 14.7 Å². The predicted octanol–water partition coefficient (Wildman–Crippen LogP) is 3.61. The Morgan fingerprint density at radius 1 is 1.25 bits per heavy atom. The highest BCUT2D eigenvalue weighted by Crippen LogP contribution is 2.34. The Labute approximate surface area is 171 Å². The van der Waals surface area contributed by atoms with E-state index in [0.717, 1.165) is 37.3 Å². The largest absolute Gasteiger partial charge is 0.338 e. The van der Waals surface area contributed by atoms with E-state index in [4.69, 9.17) is 0 Å². The number of anilines is 1. The lowest BCUT2D eigenvalue weighted by Gasteiger charge is -2.13. The van der Waals surface area contributed by atoms with Crippen molar-refractivity contribution in [1.29, 1.82) is 0 Å². The molecule has 3 aromatic rings. The molecule has 10 heteroatoms. The molecule has 0 bridgehead atoms. The first kappa shape index (κ1) is 19.0. The van der Waals surface area contributed by atoms with Crippen LogP contribution in [0, 0.1) is 6.92 Å². The number of carbonyl (C=O) groups excluding carboxylic acids is 1. The maximum atomic E-state index is 12.7. The van der Waals surface area contributed by atoms with Crippen molar-refractivity contribution in [1.82, 2.24) is 14.9 Å². The summed E-state index contributed by atoms with van der Waals surface area (Å²) >= 11 is 2.42. The number of aromatic nitrogens is 2. The molecule has 0 radical (unpaired) electrons. The molecule has 0 spiro atoms. The number of thiazole rings is 1. The lowest BCUT2D eigenvalue weighted by Crippen LogP contribution is -2.27. The van der Waals surface area contributed by atoms with Crippen molar-refractivity contribution >= 4 is 44.4 Å². The highest BCUT2D eigenvalue weighted by atomic mass is 32.2. The van der Waals surface area contributed by atoms with E-state index in [1.165, 1.54) is 17.5 Å². The molecule has 0 saturated carbocycles. The van der Waals surface area contributed by atoms with Crippen molar-refractivity contribution in [2.24, 2.45) is 0 Å². The zero-order valence-electron chi connectivity index (χ0n) is 15.1. The normalized spacial score (nSPS) is 14.4. The van der Waals surface area contributed by atoms with Crippen LogP contribution in [0.2, 0.25) is 0 Å². The molecule has 0 aromatic carbocycles. The molecule has 1 aliphatic rings. The second kappa shape index (κ2) is 7.61. The van der Waals surface area contributed by atoms with Crippen LogP contribution in [0.25, 0.3) is 10.6 Å². The van der Waals surface area contributed by atoms with Crippen molar-refractivity contribution in [3.8, 4) is 10.6 Å². The number of likely N-dealkylation sites (tertiary alicyclic amines) is 1. The molecular formula is C18H18N4O3S3. The van der Waals surface area contributed by atoms with Crippen LogP contribution in [-0.4, -0.2) is 42.3 Å². The summed E-state index contributed by atoms with van der Waals surface area (Å²) in [4.78, 5) is 23.6. The van der Waals surface area contributed by atoms with Gasteiger partial charge in [-0.05, 0) is 38.0 Å². The molecule has 1 aliphatic heterocycles. The summed E-state index contributed by atoms with van der Waals surface area (Å²) in [5.41, 5.74) is 1.37. The Balaban J connectivity index is 1.57. The first-order valence-electron chi connectivity index (χ1n) is 8.73. The third kappa shape index (κ3) is 3.80. The Morgan fingerprint density at radius 3 is 2.75 bits per heavy atom. The molecule has 146 valence electrons. The minimum atomic E-state index is -3.73. The molecule has 3 aromatic heterocycles. The van der Waals surface area contributed by atoms with Gasteiger partial charge in [0.15, 0.2) is 0 Å². The Hall–Kier alpha value is -2.30. The lowest BCUT2D eigenvalue weighted by molar-refractivity contribution is 0.0796. The van der Waals surface area contributed by atoms with E-state index in [1.54, 1.807) is 29.6 Å². The van der Waals surface area contributed by atoms with Gasteiger partial charge in [-0.25, -0.2) is 18.4 Å². The van der Waals surface area contributed by atoms with Crippen LogP contribution in [-0.2, 0) is 10.0 Å². The highest BCUT2D eigenvalue weighted by molar-refractivity contribution is 7.94. The van der Waals surface area contributed by atoms with E-state index >= 15 is 0 Å². The minimum Gasteiger partial charge on any atom is -0.338 e. The van der Waals surface area contributed by atoms with Gasteiger partial charge < -0.3 is 4.90 Å². The number of sulfonamides is 1. The first-order chi connectivity index (χ1) is 13.4. The van der Waals surface area contributed by atoms with Crippen molar-refractivity contribution in [3.05, 3.63) is 46.4 Å². The van der Waals surface area contributed by atoms with Crippen LogP contribution in [0.3, 0.4) is 0 Å². The number of rotatable bonds is 5. The zero-order valence-corrected chi connectivity index (χ0v) is 17.5. The standard InChI is InChI=1S/C18H18N4O3S3/c1-12-16(18(23)22-8-4-5-9-22)27-17(20-12)13-10-15(26-11-13)28(24,25)21-14-6-2-3-7-19-14/h2-3,6-7,10-11H,4-5,8-9H2,1H3,(H,19,21). The summed E-state index contributed by atoms with van der Waals surface area (Å²) in [6.45, 7) is 3.38. The fourth-order valence-corrected chi connectivity index (χ4v) is 6.23. The maximum Gasteiger partial charge on any atom is 0.272 e. The van der Waals surface area contributed by atoms with Gasteiger partial charge in [0, 0.05) is 30.2 Å². The van der Waals surface area contributed by atoms with Crippen LogP contribution >= 0.6 is 22.7 Å². The summed E-state index contributed by atoms with van der Waals surface area (Å²) in [6.07, 6.45) is 3.59. The van der Waals surface area contributed by atoms with Crippen molar-refractivity contribution in [2.45, 2.75) is 24.0 Å². The molecule has 1 saturated heterocycles. The van der Waals surface area contributed by atoms with Crippen LogP contribution in [0.4, 0.5) is 5.82 Å². The van der Waals surface area contributed by atoms with E-state index in [-0.39, 0.29) is 15.9 Å². The third-order valence-corrected chi connectivity index (χ3v) is 8.36. The number of thiophene rings is 1. The van der Waals surface area contributed by atoms with Gasteiger partial charge in [-0.2, -0.15) is 0 Å². The number of amides is 1. The van der Waals surface area contributed by atoms with E-state index in [0.29, 0.717) is 21.1 Å². The monoisotopic (exact) mass is 434 g/mol. The number of nitrogens with zero attached hydrogens (tertiary/aromatic N) is 3. The fourth-order valence-electron chi connectivity index (χ4n) is 2.96. The Bertz CT molecular complexity index is 1100. The summed E-state index contributed by atoms with van der Waals surface area (Å²) in [5, 5.41) is 2.39. The number of pyridine rings is 1. The number of nitrogens with one attached hydrogen (secondary N) is 1. The second-order valence-corrected chi connectivity index (χ2v) is 10.2. The molecule has 0 atom stereocenters. The summed E-state index contributed by atoms with van der Waals surface area (Å²) < 4.78 is 27.8. The van der Waals surface area contributed by atoms with Crippen molar-refractivity contribution < 1.29 is 13.2 Å². The van der Waals surface area contributed by atoms with E-state index < -0.39 is 10.0 Å². The van der Waals surface area contributed by atoms with Gasteiger partial charge in [-0.1, -0.05) is 6.07 Å². The average Bonchev–Trinajstić information content (AvgIpc) is 3.42. The van der Waals surface area contributed by atoms with Gasteiger partial charge in [-0.15, -0.1) is 22.7 Å². The average molecular weight is 435 g/mol. The van der Waals surface area contributed by atoms with Gasteiger partial charge in [0.25, 0.3) is 15.9 Å². The SMILES string of the molecule is Cc1nc(-c2csc(S(=O)(=O)Nc3ccccn3)c2)sc1C(=O)N1CCCC1. The second-order valence-electron chi connectivity index (χ2n) is 6.41. The quantitative estimate of drug-likeness (QED) is 0.662. The molecule has 0 unspecified atom stereocenters. The molecule has 1 fully saturated rings. The summed E-state index contributed by atoms with van der Waals surface area (Å²) in [5.74, 6) is 0.277. The minimum absolute atomic E-state index is 0.0126. The summed E-state index contributed by atoms with van der Waals surface area (Å²) in [7, 11) is -3.73. The van der Waals surface area contributed by atoms with Gasteiger partial charge in [0.05, 0.1) is 5.69 Å². The van der Waals surface area contributed by atoms with E-state index in [9.17, 15) is 13.2 Å². The van der Waals surface area contributed by atoms with Crippen LogP contribution in [0.1, 0.15) is 28.2 Å². The molecule has 0 aliphatic carbocycles. The fraction of sp³-hybridized carbons (Fsp3) is 0.278. The number of hydrogen-bond acceptors (Lipinski definition) is 7. The molecular weight excluding hydrogens is 416 g/mol. The van der Waals surface area contributed by atoms with Gasteiger partial charge >= 0.3 is 0 Å². The zero-order chi connectivity index (χ0) is 19.7. The van der Waals surface area contributed by atoms with Gasteiger partial charge in [0.2, 0.25) is 0 Å². The number of aryl methyl sites for hydroxylation is 1. The van der Waals surface area contributed by atoms with Gasteiger partial charge in [-0.3, -0.25) is 9.52 Å². The van der Waals surface area contributed by atoms with Crippen LogP contribution < -0.4 is 4.72 Å². The molecule has 4 heterocycles. The van der Waals surface area contributed by atoms with Crippen molar-refractivity contribution in [3.63, 3.8) is 0 Å². The highest BCUT2D eigenvalue weighted by Gasteiger charge is 2.25. The molecule has 28 heavy (non-hydrogen) atoms. The first-order valence-corrected chi connectivity index (χ1v) is 11.9. The maximum absolute atomic E-state index is 12.7. The molecule has 4 rings (SSSR count). The van der Waals surface area contributed by atoms with Crippen molar-refractivity contribution in [2.75, 3.05) is 17.8 Å². The Kier molecular flexibility index (Phi) is 5.17. The number of carbonyl (C=O) groups is 1. The Morgan fingerprint density at radius 2 is 2.04 bits per heavy atom. The lowest BCUT2D eigenvalue weighted by atomic mass is 10.3. The number of hydrogen-bond donors (Lipinski definition) is 1. The molecule has 1 amide bonds. The smallest absolute Gasteiger partial charge is 0.272 e. The topological polar surface area (TPSA) is 92.3 Å².